The van der Waals surface area contributed by atoms with Gasteiger partial charge in [-0.2, -0.15) is 22.0 Å². The minimum atomic E-state index is -5.74. The molecule has 7 nitrogen and oxygen atoms in total. The fourth-order valence-corrected chi connectivity index (χ4v) is 2.91. The van der Waals surface area contributed by atoms with Crippen LogP contribution in [0.2, 0.25) is 0 Å². The zero-order valence-corrected chi connectivity index (χ0v) is 21.0. The van der Waals surface area contributed by atoms with Crippen molar-refractivity contribution in [1.82, 2.24) is 0 Å². The normalized spacial score (nSPS) is 11.7. The van der Waals surface area contributed by atoms with E-state index in [0.29, 0.717) is 18.6 Å². The molecule has 12 heteroatoms. The Morgan fingerprint density at radius 1 is 0.769 bits per heavy atom. The Balaban J connectivity index is 1.73. The summed E-state index contributed by atoms with van der Waals surface area (Å²) < 4.78 is 82.1. The lowest BCUT2D eigenvalue weighted by atomic mass is 10.2. The van der Waals surface area contributed by atoms with E-state index in [1.165, 1.54) is 31.2 Å². The molecule has 212 valence electrons. The molecule has 2 aromatic rings. The van der Waals surface area contributed by atoms with Crippen molar-refractivity contribution >= 4 is 24.0 Å². The van der Waals surface area contributed by atoms with Crippen LogP contribution in [0.15, 0.2) is 54.6 Å². The number of hydrogen-bond acceptors (Lipinski definition) is 7. The Kier molecular flexibility index (Phi) is 11.9. The van der Waals surface area contributed by atoms with Crippen LogP contribution >= 0.6 is 0 Å². The molecular formula is C27H27F5O7. The lowest BCUT2D eigenvalue weighted by Gasteiger charge is -2.19. The largest absolute Gasteiger partial charge is 0.487 e. The van der Waals surface area contributed by atoms with Crippen LogP contribution in [-0.2, 0) is 19.1 Å². The van der Waals surface area contributed by atoms with Gasteiger partial charge < -0.3 is 18.9 Å². The van der Waals surface area contributed by atoms with Gasteiger partial charge >= 0.3 is 30.0 Å². The zero-order chi connectivity index (χ0) is 28.9. The van der Waals surface area contributed by atoms with Gasteiger partial charge in [0.2, 0.25) is 0 Å². The van der Waals surface area contributed by atoms with E-state index in [0.717, 1.165) is 43.5 Å². The summed E-state index contributed by atoms with van der Waals surface area (Å²) in [7, 11) is 0. The van der Waals surface area contributed by atoms with Crippen molar-refractivity contribution in [3.63, 3.8) is 0 Å². The molecule has 39 heavy (non-hydrogen) atoms. The summed E-state index contributed by atoms with van der Waals surface area (Å²) in [6, 6.07) is 10.6. The molecule has 0 saturated heterocycles. The van der Waals surface area contributed by atoms with Gasteiger partial charge in [0.15, 0.2) is 6.61 Å². The molecule has 2 rings (SSSR count). The van der Waals surface area contributed by atoms with Crippen LogP contribution in [0.1, 0.15) is 48.5 Å². The average molecular weight is 558 g/mol. The molecule has 0 fully saturated rings. The number of carbonyl (C=O) groups is 3. The monoisotopic (exact) mass is 558 g/mol. The molecule has 0 aliphatic heterocycles. The number of unbranched alkanes of at least 4 members (excludes halogenated alkanes) is 3. The lowest BCUT2D eigenvalue weighted by Crippen LogP contribution is -2.41. The molecule has 2 aromatic carbocycles. The minimum absolute atomic E-state index is 0.0149. The Bertz CT molecular complexity index is 1110. The first-order chi connectivity index (χ1) is 18.4. The van der Waals surface area contributed by atoms with Crippen LogP contribution in [0.3, 0.4) is 0 Å². The third-order valence-electron chi connectivity index (χ3n) is 5.02. The summed E-state index contributed by atoms with van der Waals surface area (Å²) in [5.41, 5.74) is 0.649. The third-order valence-corrected chi connectivity index (χ3v) is 5.02. The molecule has 0 atom stereocenters. The van der Waals surface area contributed by atoms with Crippen molar-refractivity contribution in [3.05, 3.63) is 65.7 Å². The summed E-state index contributed by atoms with van der Waals surface area (Å²) in [6.45, 7) is 0.101. The highest BCUT2D eigenvalue weighted by molar-refractivity contribution is 5.91. The first kappa shape index (κ1) is 31.3. The molecule has 0 unspecified atom stereocenters. The number of ether oxygens (including phenoxy) is 4. The molecule has 0 heterocycles. The van der Waals surface area contributed by atoms with Crippen molar-refractivity contribution in [3.8, 4) is 11.5 Å². The Morgan fingerprint density at radius 2 is 1.33 bits per heavy atom. The summed E-state index contributed by atoms with van der Waals surface area (Å²) in [4.78, 5) is 34.7. The van der Waals surface area contributed by atoms with Gasteiger partial charge in [0.1, 0.15) is 11.5 Å². The molecule has 0 spiro atoms. The molecule has 0 N–H and O–H groups in total. The predicted octanol–water partition coefficient (Wildman–Crippen LogP) is 6.16. The van der Waals surface area contributed by atoms with E-state index in [1.807, 2.05) is 0 Å². The maximum Gasteiger partial charge on any atom is 0.456 e. The van der Waals surface area contributed by atoms with Crippen molar-refractivity contribution in [1.29, 1.82) is 0 Å². The molecule has 0 aromatic heterocycles. The third kappa shape index (κ3) is 11.5. The summed E-state index contributed by atoms with van der Waals surface area (Å²) in [6.07, 6.45) is 0.161. The van der Waals surface area contributed by atoms with Gasteiger partial charge in [-0.25, -0.2) is 9.59 Å². The topological polar surface area (TPSA) is 88.1 Å². The van der Waals surface area contributed by atoms with Crippen molar-refractivity contribution < 1.29 is 55.3 Å². The van der Waals surface area contributed by atoms with Gasteiger partial charge in [-0.1, -0.05) is 12.1 Å². The quantitative estimate of drug-likeness (QED) is 0.0902. The van der Waals surface area contributed by atoms with Gasteiger partial charge in [0.25, 0.3) is 0 Å². The summed E-state index contributed by atoms with van der Waals surface area (Å²) >= 11 is 0. The Hall–Kier alpha value is -3.96. The molecule has 0 bridgehead atoms. The van der Waals surface area contributed by atoms with Crippen LogP contribution in [0.4, 0.5) is 22.0 Å². The van der Waals surface area contributed by atoms with Gasteiger partial charge in [-0.15, -0.1) is 0 Å². The molecular weight excluding hydrogens is 531 g/mol. The van der Waals surface area contributed by atoms with Crippen molar-refractivity contribution in [2.45, 2.75) is 44.7 Å². The highest BCUT2D eigenvalue weighted by Crippen LogP contribution is 2.35. The van der Waals surface area contributed by atoms with E-state index in [9.17, 15) is 36.3 Å². The average Bonchev–Trinajstić information content (AvgIpc) is 2.88. The minimum Gasteiger partial charge on any atom is -0.487 e. The van der Waals surface area contributed by atoms with E-state index in [2.05, 4.69) is 4.74 Å². The van der Waals surface area contributed by atoms with Crippen LogP contribution in [0.25, 0.3) is 6.08 Å². The van der Waals surface area contributed by atoms with Gasteiger partial charge in [-0.05, 0) is 73.7 Å². The number of esters is 3. The molecule has 0 amide bonds. The van der Waals surface area contributed by atoms with Crippen LogP contribution in [0.5, 0.6) is 11.5 Å². The van der Waals surface area contributed by atoms with Crippen molar-refractivity contribution in [2.24, 2.45) is 0 Å². The van der Waals surface area contributed by atoms with Gasteiger partial charge in [0.05, 0.1) is 18.8 Å². The smallest absolute Gasteiger partial charge is 0.456 e. The van der Waals surface area contributed by atoms with Crippen LogP contribution in [-0.4, -0.2) is 49.8 Å². The van der Waals surface area contributed by atoms with Gasteiger partial charge in [0, 0.05) is 13.0 Å². The zero-order valence-electron chi connectivity index (χ0n) is 21.0. The maximum absolute atomic E-state index is 12.9. The first-order valence-electron chi connectivity index (χ1n) is 11.9. The molecule has 0 aliphatic carbocycles. The highest BCUT2D eigenvalue weighted by atomic mass is 19.4. The van der Waals surface area contributed by atoms with E-state index < -0.39 is 30.6 Å². The Morgan fingerprint density at radius 3 is 1.90 bits per heavy atom. The van der Waals surface area contributed by atoms with E-state index in [4.69, 9.17) is 14.2 Å². The summed E-state index contributed by atoms with van der Waals surface area (Å²) in [5, 5.41) is 0. The second-order valence-corrected chi connectivity index (χ2v) is 8.23. The van der Waals surface area contributed by atoms with E-state index in [1.54, 1.807) is 12.1 Å². The second kappa shape index (κ2) is 14.8. The van der Waals surface area contributed by atoms with E-state index in [-0.39, 0.29) is 29.6 Å². The first-order valence-corrected chi connectivity index (χ1v) is 11.9. The highest BCUT2D eigenvalue weighted by Gasteiger charge is 2.58. The fraction of sp³-hybridized carbons (Fsp3) is 0.370. The molecule has 0 saturated carbocycles. The maximum atomic E-state index is 12.9. The number of benzene rings is 2. The SMILES string of the molecule is CC(=O)OCCCCCCOC(=O)/C=C/c1ccc(OC(=O)c2ccc(OCC(F)(F)C(F)(F)F)cc2)cc1. The number of alkyl halides is 5. The number of halogens is 5. The standard InChI is InChI=1S/C27H27F5O7/c1-19(33)36-16-4-2-3-5-17-37-24(34)15-8-20-6-11-23(12-7-20)39-25(35)21-9-13-22(14-10-21)38-18-26(28,29)27(30,31)32/h6-15H,2-5,16-18H2,1H3/b15-8+. The van der Waals surface area contributed by atoms with Gasteiger partial charge in [-0.3, -0.25) is 4.79 Å². The van der Waals surface area contributed by atoms with E-state index >= 15 is 0 Å². The second-order valence-electron chi connectivity index (χ2n) is 8.23. The number of carbonyl (C=O) groups excluding carboxylic acids is 3. The number of rotatable bonds is 14. The molecule has 0 aliphatic rings. The Labute approximate surface area is 221 Å². The number of hydrogen-bond donors (Lipinski definition) is 0. The fourth-order valence-electron chi connectivity index (χ4n) is 2.91. The van der Waals surface area contributed by atoms with Crippen LogP contribution < -0.4 is 9.47 Å². The van der Waals surface area contributed by atoms with Crippen LogP contribution in [0, 0.1) is 0 Å². The lowest BCUT2D eigenvalue weighted by molar-refractivity contribution is -0.290. The molecule has 0 radical (unpaired) electrons. The summed E-state index contributed by atoms with van der Waals surface area (Å²) in [5.74, 6) is -6.73. The van der Waals surface area contributed by atoms with Crippen molar-refractivity contribution in [2.75, 3.05) is 19.8 Å². The predicted molar refractivity (Wildman–Crippen MR) is 129 cm³/mol.